The van der Waals surface area contributed by atoms with E-state index in [1.54, 1.807) is 0 Å². The molecule has 0 heterocycles. The highest BCUT2D eigenvalue weighted by atomic mass is 16.3. The summed E-state index contributed by atoms with van der Waals surface area (Å²) in [7, 11) is 0. The molecule has 0 amide bonds. The molecule has 2 N–H and O–H groups in total. The SMILES string of the molecule is CCc1ccc(C(O)CNc2ccccc2C)cc1. The Kier molecular flexibility index (Phi) is 4.58. The van der Waals surface area contributed by atoms with E-state index in [-0.39, 0.29) is 0 Å². The van der Waals surface area contributed by atoms with E-state index in [2.05, 4.69) is 37.4 Å². The number of anilines is 1. The van der Waals surface area contributed by atoms with Crippen molar-refractivity contribution in [2.45, 2.75) is 26.4 Å². The van der Waals surface area contributed by atoms with E-state index in [1.165, 1.54) is 11.1 Å². The van der Waals surface area contributed by atoms with E-state index in [1.807, 2.05) is 30.3 Å². The maximum Gasteiger partial charge on any atom is 0.0962 e. The second kappa shape index (κ2) is 6.39. The molecule has 1 atom stereocenters. The summed E-state index contributed by atoms with van der Waals surface area (Å²) >= 11 is 0. The molecule has 0 radical (unpaired) electrons. The highest BCUT2D eigenvalue weighted by Crippen LogP contribution is 2.17. The number of aliphatic hydroxyl groups is 1. The fraction of sp³-hybridized carbons (Fsp3) is 0.294. The van der Waals surface area contributed by atoms with Crippen molar-refractivity contribution in [3.63, 3.8) is 0 Å². The molecule has 1 unspecified atom stereocenters. The Morgan fingerprint density at radius 2 is 1.74 bits per heavy atom. The van der Waals surface area contributed by atoms with Crippen LogP contribution in [0.25, 0.3) is 0 Å². The summed E-state index contributed by atoms with van der Waals surface area (Å²) in [5.41, 5.74) is 4.52. The van der Waals surface area contributed by atoms with Crippen molar-refractivity contribution in [2.24, 2.45) is 0 Å². The molecule has 0 saturated heterocycles. The molecule has 100 valence electrons. The van der Waals surface area contributed by atoms with Crippen LogP contribution in [-0.4, -0.2) is 11.7 Å². The molecule has 2 heteroatoms. The summed E-state index contributed by atoms with van der Waals surface area (Å²) in [5, 5.41) is 13.5. The number of aliphatic hydroxyl groups excluding tert-OH is 1. The van der Waals surface area contributed by atoms with Crippen LogP contribution in [0.15, 0.2) is 48.5 Å². The maximum absolute atomic E-state index is 10.2. The Morgan fingerprint density at radius 1 is 1.05 bits per heavy atom. The lowest BCUT2D eigenvalue weighted by Gasteiger charge is -2.15. The average molecular weight is 255 g/mol. The van der Waals surface area contributed by atoms with Crippen molar-refractivity contribution in [1.29, 1.82) is 0 Å². The summed E-state index contributed by atoms with van der Waals surface area (Å²) in [6, 6.07) is 16.3. The van der Waals surface area contributed by atoms with Crippen LogP contribution in [0.3, 0.4) is 0 Å². The predicted molar refractivity (Wildman–Crippen MR) is 80.4 cm³/mol. The van der Waals surface area contributed by atoms with Gasteiger partial charge in [0.2, 0.25) is 0 Å². The fourth-order valence-electron chi connectivity index (χ4n) is 2.07. The lowest BCUT2D eigenvalue weighted by atomic mass is 10.1. The van der Waals surface area contributed by atoms with Crippen molar-refractivity contribution in [3.05, 3.63) is 65.2 Å². The molecular weight excluding hydrogens is 234 g/mol. The Morgan fingerprint density at radius 3 is 2.37 bits per heavy atom. The minimum atomic E-state index is -0.481. The Bertz CT molecular complexity index is 519. The number of para-hydroxylation sites is 1. The average Bonchev–Trinajstić information content (AvgIpc) is 2.46. The van der Waals surface area contributed by atoms with Gasteiger partial charge >= 0.3 is 0 Å². The van der Waals surface area contributed by atoms with Gasteiger partial charge in [0.15, 0.2) is 0 Å². The van der Waals surface area contributed by atoms with Gasteiger partial charge in [-0.25, -0.2) is 0 Å². The van der Waals surface area contributed by atoms with Crippen LogP contribution < -0.4 is 5.32 Å². The zero-order valence-corrected chi connectivity index (χ0v) is 11.6. The van der Waals surface area contributed by atoms with Crippen molar-refractivity contribution in [2.75, 3.05) is 11.9 Å². The van der Waals surface area contributed by atoms with Crippen LogP contribution in [0.4, 0.5) is 5.69 Å². The van der Waals surface area contributed by atoms with Crippen LogP contribution in [-0.2, 0) is 6.42 Å². The molecule has 0 aliphatic heterocycles. The molecule has 0 aliphatic rings. The van der Waals surface area contributed by atoms with E-state index >= 15 is 0 Å². The monoisotopic (exact) mass is 255 g/mol. The molecule has 0 aliphatic carbocycles. The first kappa shape index (κ1) is 13.6. The third-order valence-electron chi connectivity index (χ3n) is 3.40. The first-order chi connectivity index (χ1) is 9.20. The summed E-state index contributed by atoms with van der Waals surface area (Å²) in [6.07, 6.45) is 0.545. The van der Waals surface area contributed by atoms with E-state index in [0.717, 1.165) is 17.7 Å². The van der Waals surface area contributed by atoms with Crippen LogP contribution in [0, 0.1) is 6.92 Å². The van der Waals surface area contributed by atoms with Gasteiger partial charge in [0, 0.05) is 12.2 Å². The Balaban J connectivity index is 1.97. The molecule has 19 heavy (non-hydrogen) atoms. The lowest BCUT2D eigenvalue weighted by Crippen LogP contribution is -2.12. The van der Waals surface area contributed by atoms with E-state index in [9.17, 15) is 5.11 Å². The van der Waals surface area contributed by atoms with Crippen molar-refractivity contribution >= 4 is 5.69 Å². The third-order valence-corrected chi connectivity index (χ3v) is 3.40. The molecule has 0 saturated carbocycles. The maximum atomic E-state index is 10.2. The first-order valence-electron chi connectivity index (χ1n) is 6.77. The van der Waals surface area contributed by atoms with Gasteiger partial charge < -0.3 is 10.4 Å². The molecular formula is C17H21NO. The summed E-state index contributed by atoms with van der Waals surface area (Å²) < 4.78 is 0. The van der Waals surface area contributed by atoms with Crippen molar-refractivity contribution in [3.8, 4) is 0 Å². The van der Waals surface area contributed by atoms with Crippen LogP contribution in [0.5, 0.6) is 0 Å². The summed E-state index contributed by atoms with van der Waals surface area (Å²) in [5.74, 6) is 0. The topological polar surface area (TPSA) is 32.3 Å². The van der Waals surface area contributed by atoms with E-state index in [4.69, 9.17) is 0 Å². The second-order valence-electron chi connectivity index (χ2n) is 4.81. The van der Waals surface area contributed by atoms with Gasteiger partial charge in [-0.05, 0) is 36.1 Å². The zero-order chi connectivity index (χ0) is 13.7. The minimum absolute atomic E-state index is 0.481. The fourth-order valence-corrected chi connectivity index (χ4v) is 2.07. The number of aryl methyl sites for hydroxylation is 2. The van der Waals surface area contributed by atoms with Gasteiger partial charge in [-0.1, -0.05) is 49.4 Å². The standard InChI is InChI=1S/C17H21NO/c1-3-14-8-10-15(11-9-14)17(19)12-18-16-7-5-4-6-13(16)2/h4-11,17-19H,3,12H2,1-2H3. The van der Waals surface area contributed by atoms with Crippen LogP contribution in [0.1, 0.15) is 29.7 Å². The van der Waals surface area contributed by atoms with E-state index < -0.39 is 6.10 Å². The molecule has 0 aromatic heterocycles. The van der Waals surface area contributed by atoms with Crippen LogP contribution >= 0.6 is 0 Å². The smallest absolute Gasteiger partial charge is 0.0962 e. The highest BCUT2D eigenvalue weighted by Gasteiger charge is 2.07. The number of nitrogens with one attached hydrogen (secondary N) is 1. The summed E-state index contributed by atoms with van der Waals surface area (Å²) in [4.78, 5) is 0. The van der Waals surface area contributed by atoms with Crippen molar-refractivity contribution in [1.82, 2.24) is 0 Å². The third kappa shape index (κ3) is 3.58. The molecule has 2 rings (SSSR count). The Hall–Kier alpha value is -1.80. The zero-order valence-electron chi connectivity index (χ0n) is 11.6. The first-order valence-corrected chi connectivity index (χ1v) is 6.77. The van der Waals surface area contributed by atoms with E-state index in [0.29, 0.717) is 6.54 Å². The van der Waals surface area contributed by atoms with Gasteiger partial charge in [0.1, 0.15) is 0 Å². The lowest BCUT2D eigenvalue weighted by molar-refractivity contribution is 0.191. The van der Waals surface area contributed by atoms with Crippen molar-refractivity contribution < 1.29 is 5.11 Å². The summed E-state index contributed by atoms with van der Waals surface area (Å²) in [6.45, 7) is 4.71. The quantitative estimate of drug-likeness (QED) is 0.853. The molecule has 0 spiro atoms. The molecule has 0 bridgehead atoms. The second-order valence-corrected chi connectivity index (χ2v) is 4.81. The normalized spacial score (nSPS) is 12.2. The predicted octanol–water partition coefficient (Wildman–Crippen LogP) is 3.70. The molecule has 2 aromatic rings. The van der Waals surface area contributed by atoms with Gasteiger partial charge in [-0.2, -0.15) is 0 Å². The van der Waals surface area contributed by atoms with Gasteiger partial charge in [-0.3, -0.25) is 0 Å². The number of hydrogen-bond donors (Lipinski definition) is 2. The Labute approximate surface area is 115 Å². The molecule has 2 aromatic carbocycles. The highest BCUT2D eigenvalue weighted by molar-refractivity contribution is 5.50. The number of benzene rings is 2. The van der Waals surface area contributed by atoms with Crippen LogP contribution in [0.2, 0.25) is 0 Å². The molecule has 0 fully saturated rings. The minimum Gasteiger partial charge on any atom is -0.387 e. The largest absolute Gasteiger partial charge is 0.387 e. The molecule has 2 nitrogen and oxygen atoms in total. The van der Waals surface area contributed by atoms with Gasteiger partial charge in [0.25, 0.3) is 0 Å². The van der Waals surface area contributed by atoms with Gasteiger partial charge in [-0.15, -0.1) is 0 Å². The number of rotatable bonds is 5. The number of hydrogen-bond acceptors (Lipinski definition) is 2. The van der Waals surface area contributed by atoms with Gasteiger partial charge in [0.05, 0.1) is 6.10 Å².